The molecule has 0 saturated heterocycles. The molecule has 0 spiro atoms. The highest BCUT2D eigenvalue weighted by atomic mass is 16.4. The van der Waals surface area contributed by atoms with Gasteiger partial charge in [0.25, 0.3) is 5.91 Å². The molecule has 0 aliphatic heterocycles. The summed E-state index contributed by atoms with van der Waals surface area (Å²) in [6.07, 6.45) is 0.920. The number of fused-ring (bicyclic) bond motifs is 1. The Bertz CT molecular complexity index is 898. The summed E-state index contributed by atoms with van der Waals surface area (Å²) >= 11 is 0. The van der Waals surface area contributed by atoms with Gasteiger partial charge in [0.1, 0.15) is 5.52 Å². The maximum absolute atomic E-state index is 12.2. The molecule has 0 saturated carbocycles. The van der Waals surface area contributed by atoms with Gasteiger partial charge in [0.15, 0.2) is 5.58 Å². The van der Waals surface area contributed by atoms with Crippen LogP contribution in [0, 0.1) is 0 Å². The van der Waals surface area contributed by atoms with E-state index in [4.69, 9.17) is 4.42 Å². The largest absolute Gasteiger partial charge is 0.423 e. The first kappa shape index (κ1) is 15.7. The van der Waals surface area contributed by atoms with Gasteiger partial charge in [0.2, 0.25) is 5.91 Å². The molecular formula is C18H17N3O3. The summed E-state index contributed by atoms with van der Waals surface area (Å²) in [7, 11) is 0. The van der Waals surface area contributed by atoms with Gasteiger partial charge < -0.3 is 9.73 Å². The second kappa shape index (κ2) is 6.54. The number of benzene rings is 2. The van der Waals surface area contributed by atoms with Crippen LogP contribution in [-0.2, 0) is 11.2 Å². The fourth-order valence-electron chi connectivity index (χ4n) is 2.32. The van der Waals surface area contributed by atoms with Gasteiger partial charge in [-0.15, -0.1) is 0 Å². The Hall–Kier alpha value is -3.15. The third-order valence-corrected chi connectivity index (χ3v) is 3.55. The lowest BCUT2D eigenvalue weighted by Crippen LogP contribution is -2.11. The predicted molar refractivity (Wildman–Crippen MR) is 92.1 cm³/mol. The number of rotatable bonds is 4. The van der Waals surface area contributed by atoms with E-state index in [0.29, 0.717) is 22.4 Å². The second-order valence-corrected chi connectivity index (χ2v) is 5.39. The smallest absolute Gasteiger partial charge is 0.302 e. The van der Waals surface area contributed by atoms with Gasteiger partial charge >= 0.3 is 6.01 Å². The van der Waals surface area contributed by atoms with Gasteiger partial charge in [-0.2, -0.15) is 4.98 Å². The van der Waals surface area contributed by atoms with Crippen LogP contribution in [0.25, 0.3) is 11.1 Å². The van der Waals surface area contributed by atoms with Gasteiger partial charge in [-0.05, 0) is 36.2 Å². The van der Waals surface area contributed by atoms with Crippen molar-refractivity contribution in [3.8, 4) is 0 Å². The molecule has 2 aromatic carbocycles. The fourth-order valence-corrected chi connectivity index (χ4v) is 2.32. The van der Waals surface area contributed by atoms with Crippen LogP contribution in [0.4, 0.5) is 11.7 Å². The first-order valence-corrected chi connectivity index (χ1v) is 7.63. The SMILES string of the molecule is CCc1ccc(C(=O)Nc2nc3ccc(NC(C)=O)cc3o2)cc1. The summed E-state index contributed by atoms with van der Waals surface area (Å²) in [5.74, 6) is -0.454. The van der Waals surface area contributed by atoms with Crippen LogP contribution in [0.3, 0.4) is 0 Å². The van der Waals surface area contributed by atoms with Crippen LogP contribution < -0.4 is 10.6 Å². The summed E-state index contributed by atoms with van der Waals surface area (Å²) in [4.78, 5) is 27.5. The van der Waals surface area contributed by atoms with Crippen molar-refractivity contribution in [2.45, 2.75) is 20.3 Å². The minimum Gasteiger partial charge on any atom is -0.423 e. The quantitative estimate of drug-likeness (QED) is 0.768. The van der Waals surface area contributed by atoms with Gasteiger partial charge in [-0.25, -0.2) is 0 Å². The van der Waals surface area contributed by atoms with Crippen LogP contribution in [0.15, 0.2) is 46.9 Å². The zero-order valence-corrected chi connectivity index (χ0v) is 13.4. The number of oxazole rings is 1. The molecule has 3 aromatic rings. The maximum atomic E-state index is 12.2. The number of nitrogens with one attached hydrogen (secondary N) is 2. The van der Waals surface area contributed by atoms with Crippen LogP contribution in [0.2, 0.25) is 0 Å². The predicted octanol–water partition coefficient (Wildman–Crippen LogP) is 3.60. The summed E-state index contributed by atoms with van der Waals surface area (Å²) in [6, 6.07) is 12.6. The molecule has 1 aromatic heterocycles. The van der Waals surface area contributed by atoms with E-state index >= 15 is 0 Å². The van der Waals surface area contributed by atoms with Crippen molar-refractivity contribution in [1.82, 2.24) is 4.98 Å². The molecule has 6 heteroatoms. The summed E-state index contributed by atoms with van der Waals surface area (Å²) < 4.78 is 5.53. The molecule has 2 amide bonds. The third kappa shape index (κ3) is 3.43. The second-order valence-electron chi connectivity index (χ2n) is 5.39. The van der Waals surface area contributed by atoms with E-state index in [9.17, 15) is 9.59 Å². The van der Waals surface area contributed by atoms with Crippen molar-refractivity contribution in [3.05, 3.63) is 53.6 Å². The Morgan fingerprint density at radius 3 is 2.50 bits per heavy atom. The Kier molecular flexibility index (Phi) is 4.29. The van der Waals surface area contributed by atoms with E-state index in [0.717, 1.165) is 6.42 Å². The molecule has 3 rings (SSSR count). The van der Waals surface area contributed by atoms with Gasteiger partial charge in [-0.1, -0.05) is 19.1 Å². The molecule has 2 N–H and O–H groups in total. The van der Waals surface area contributed by atoms with E-state index in [1.165, 1.54) is 12.5 Å². The topological polar surface area (TPSA) is 84.2 Å². The minimum atomic E-state index is -0.286. The molecule has 0 atom stereocenters. The van der Waals surface area contributed by atoms with Gasteiger partial charge in [-0.3, -0.25) is 14.9 Å². The van der Waals surface area contributed by atoms with Crippen molar-refractivity contribution in [2.75, 3.05) is 10.6 Å². The zero-order chi connectivity index (χ0) is 17.1. The fraction of sp³-hybridized carbons (Fsp3) is 0.167. The van der Waals surface area contributed by atoms with Crippen molar-refractivity contribution in [3.63, 3.8) is 0 Å². The molecule has 24 heavy (non-hydrogen) atoms. The number of aromatic nitrogens is 1. The Morgan fingerprint density at radius 1 is 1.08 bits per heavy atom. The number of amides is 2. The molecule has 0 bridgehead atoms. The highest BCUT2D eigenvalue weighted by Gasteiger charge is 2.12. The zero-order valence-electron chi connectivity index (χ0n) is 13.4. The van der Waals surface area contributed by atoms with E-state index in [1.54, 1.807) is 30.3 Å². The number of carbonyl (C=O) groups is 2. The van der Waals surface area contributed by atoms with Crippen LogP contribution in [0.1, 0.15) is 29.8 Å². The minimum absolute atomic E-state index is 0.120. The summed E-state index contributed by atoms with van der Waals surface area (Å²) in [5, 5.41) is 5.31. The van der Waals surface area contributed by atoms with Crippen LogP contribution in [0.5, 0.6) is 0 Å². The molecule has 0 radical (unpaired) electrons. The third-order valence-electron chi connectivity index (χ3n) is 3.55. The lowest BCUT2D eigenvalue weighted by atomic mass is 10.1. The number of nitrogens with zero attached hydrogens (tertiary/aromatic N) is 1. The number of hydrogen-bond donors (Lipinski definition) is 2. The standard InChI is InChI=1S/C18H17N3O3/c1-3-12-4-6-13(7-5-12)17(23)21-18-20-15-9-8-14(19-11(2)22)10-16(15)24-18/h4-10H,3H2,1-2H3,(H,19,22)(H,20,21,23). The number of aryl methyl sites for hydroxylation is 1. The lowest BCUT2D eigenvalue weighted by molar-refractivity contribution is -0.114. The Morgan fingerprint density at radius 2 is 1.83 bits per heavy atom. The van der Waals surface area contributed by atoms with Crippen molar-refractivity contribution < 1.29 is 14.0 Å². The maximum Gasteiger partial charge on any atom is 0.302 e. The first-order valence-electron chi connectivity index (χ1n) is 7.63. The number of carbonyl (C=O) groups excluding carboxylic acids is 2. The number of hydrogen-bond acceptors (Lipinski definition) is 4. The first-order chi connectivity index (χ1) is 11.5. The average Bonchev–Trinajstić information content (AvgIpc) is 2.95. The van der Waals surface area contributed by atoms with Gasteiger partial charge in [0.05, 0.1) is 0 Å². The highest BCUT2D eigenvalue weighted by Crippen LogP contribution is 2.23. The van der Waals surface area contributed by atoms with Crippen molar-refractivity contribution in [1.29, 1.82) is 0 Å². The molecule has 1 heterocycles. The molecular weight excluding hydrogens is 306 g/mol. The van der Waals surface area contributed by atoms with E-state index in [2.05, 4.69) is 22.5 Å². The summed E-state index contributed by atoms with van der Waals surface area (Å²) in [6.45, 7) is 3.49. The Balaban J connectivity index is 1.78. The van der Waals surface area contributed by atoms with Crippen LogP contribution in [-0.4, -0.2) is 16.8 Å². The Labute approximate surface area is 138 Å². The van der Waals surface area contributed by atoms with Crippen LogP contribution >= 0.6 is 0 Å². The average molecular weight is 323 g/mol. The van der Waals surface area contributed by atoms with Crippen molar-refractivity contribution >= 4 is 34.6 Å². The summed E-state index contributed by atoms with van der Waals surface area (Å²) in [5.41, 5.74) is 3.39. The molecule has 0 unspecified atom stereocenters. The molecule has 6 nitrogen and oxygen atoms in total. The molecule has 122 valence electrons. The van der Waals surface area contributed by atoms with Gasteiger partial charge in [0, 0.05) is 24.2 Å². The number of anilines is 2. The molecule has 0 fully saturated rings. The monoisotopic (exact) mass is 323 g/mol. The van der Waals surface area contributed by atoms with Crippen molar-refractivity contribution in [2.24, 2.45) is 0 Å². The normalized spacial score (nSPS) is 10.6. The molecule has 0 aliphatic carbocycles. The van der Waals surface area contributed by atoms with E-state index in [1.807, 2.05) is 12.1 Å². The lowest BCUT2D eigenvalue weighted by Gasteiger charge is -2.02. The molecule has 0 aliphatic rings. The highest BCUT2D eigenvalue weighted by molar-refractivity contribution is 6.03. The van der Waals surface area contributed by atoms with E-state index < -0.39 is 0 Å². The van der Waals surface area contributed by atoms with E-state index in [-0.39, 0.29) is 17.8 Å².